The summed E-state index contributed by atoms with van der Waals surface area (Å²) in [6, 6.07) is 8.22. The Balaban J connectivity index is 1.89. The molecule has 1 saturated heterocycles. The second-order valence-electron chi connectivity index (χ2n) is 5.20. The van der Waals surface area contributed by atoms with Gasteiger partial charge in [-0.3, -0.25) is 4.79 Å². The van der Waals surface area contributed by atoms with Crippen LogP contribution in [0.15, 0.2) is 24.3 Å². The predicted octanol–water partition coefficient (Wildman–Crippen LogP) is 2.72. The van der Waals surface area contributed by atoms with Gasteiger partial charge in [-0.25, -0.2) is 0 Å². The van der Waals surface area contributed by atoms with Gasteiger partial charge in [0, 0.05) is 0 Å². The number of benzene rings is 1. The summed E-state index contributed by atoms with van der Waals surface area (Å²) in [6.07, 6.45) is 2.19. The maximum Gasteiger partial charge on any atom is 0.316 e. The molecule has 0 bridgehead atoms. The molecule has 0 spiro atoms. The van der Waals surface area contributed by atoms with E-state index < -0.39 is 5.41 Å². The van der Waals surface area contributed by atoms with Gasteiger partial charge in [-0.05, 0) is 24.5 Å². The van der Waals surface area contributed by atoms with Crippen LogP contribution in [0.5, 0.6) is 0 Å². The van der Waals surface area contributed by atoms with Crippen LogP contribution in [-0.2, 0) is 27.3 Å². The van der Waals surface area contributed by atoms with E-state index in [1.165, 1.54) is 5.56 Å². The third kappa shape index (κ3) is 2.91. The first kappa shape index (κ1) is 13.1. The van der Waals surface area contributed by atoms with Crippen molar-refractivity contribution in [3.63, 3.8) is 0 Å². The van der Waals surface area contributed by atoms with Crippen LogP contribution in [0.3, 0.4) is 0 Å². The van der Waals surface area contributed by atoms with E-state index in [1.807, 2.05) is 19.1 Å². The molecule has 1 aromatic carbocycles. The SMILES string of the molecule is CCCc1cccc(COC(=O)C2(C)COC2)c1. The van der Waals surface area contributed by atoms with Crippen LogP contribution in [-0.4, -0.2) is 19.2 Å². The van der Waals surface area contributed by atoms with Gasteiger partial charge in [-0.2, -0.15) is 0 Å². The topological polar surface area (TPSA) is 35.5 Å². The molecule has 0 saturated carbocycles. The molecule has 1 aliphatic rings. The van der Waals surface area contributed by atoms with Crippen LogP contribution in [0.4, 0.5) is 0 Å². The van der Waals surface area contributed by atoms with Crippen molar-refractivity contribution in [2.75, 3.05) is 13.2 Å². The van der Waals surface area contributed by atoms with E-state index in [9.17, 15) is 4.79 Å². The smallest absolute Gasteiger partial charge is 0.316 e. The highest BCUT2D eigenvalue weighted by Gasteiger charge is 2.42. The van der Waals surface area contributed by atoms with Crippen LogP contribution < -0.4 is 0 Å². The second-order valence-corrected chi connectivity index (χ2v) is 5.20. The Hall–Kier alpha value is -1.35. The Kier molecular flexibility index (Phi) is 4.02. The van der Waals surface area contributed by atoms with Crippen LogP contribution in [0, 0.1) is 5.41 Å². The lowest BCUT2D eigenvalue weighted by Crippen LogP contribution is -2.47. The van der Waals surface area contributed by atoms with E-state index >= 15 is 0 Å². The number of carbonyl (C=O) groups excluding carboxylic acids is 1. The van der Waals surface area contributed by atoms with Gasteiger partial charge < -0.3 is 9.47 Å². The minimum atomic E-state index is -0.430. The zero-order valence-electron chi connectivity index (χ0n) is 11.1. The average Bonchev–Trinajstić information content (AvgIpc) is 2.34. The largest absolute Gasteiger partial charge is 0.460 e. The first-order chi connectivity index (χ1) is 8.64. The molecular weight excluding hydrogens is 228 g/mol. The van der Waals surface area contributed by atoms with Gasteiger partial charge in [0.15, 0.2) is 0 Å². The second kappa shape index (κ2) is 5.53. The normalized spacial score (nSPS) is 17.0. The summed E-state index contributed by atoms with van der Waals surface area (Å²) in [7, 11) is 0. The van der Waals surface area contributed by atoms with Gasteiger partial charge in [0.2, 0.25) is 0 Å². The molecule has 0 unspecified atom stereocenters. The van der Waals surface area contributed by atoms with E-state index in [1.54, 1.807) is 0 Å². The molecule has 98 valence electrons. The number of esters is 1. The predicted molar refractivity (Wildman–Crippen MR) is 69.2 cm³/mol. The summed E-state index contributed by atoms with van der Waals surface area (Å²) < 4.78 is 10.4. The Bertz CT molecular complexity index is 422. The van der Waals surface area contributed by atoms with Gasteiger partial charge in [0.1, 0.15) is 12.0 Å². The summed E-state index contributed by atoms with van der Waals surface area (Å²) in [6.45, 7) is 5.34. The van der Waals surface area contributed by atoms with Crippen molar-refractivity contribution in [1.82, 2.24) is 0 Å². The molecule has 0 aromatic heterocycles. The van der Waals surface area contributed by atoms with Gasteiger partial charge >= 0.3 is 5.97 Å². The van der Waals surface area contributed by atoms with Crippen LogP contribution in [0.1, 0.15) is 31.4 Å². The number of ether oxygens (including phenoxy) is 2. The summed E-state index contributed by atoms with van der Waals surface area (Å²) >= 11 is 0. The number of carbonyl (C=O) groups is 1. The van der Waals surface area contributed by atoms with Gasteiger partial charge in [0.25, 0.3) is 0 Å². The highest BCUT2D eigenvalue weighted by atomic mass is 16.6. The molecule has 18 heavy (non-hydrogen) atoms. The Labute approximate surface area is 108 Å². The third-order valence-corrected chi connectivity index (χ3v) is 3.23. The highest BCUT2D eigenvalue weighted by molar-refractivity contribution is 5.77. The molecule has 1 aromatic rings. The van der Waals surface area contributed by atoms with Gasteiger partial charge in [-0.15, -0.1) is 0 Å². The fraction of sp³-hybridized carbons (Fsp3) is 0.533. The lowest BCUT2D eigenvalue weighted by atomic mass is 9.89. The van der Waals surface area contributed by atoms with Crippen LogP contribution in [0.25, 0.3) is 0 Å². The van der Waals surface area contributed by atoms with Crippen molar-refractivity contribution < 1.29 is 14.3 Å². The number of aryl methyl sites for hydroxylation is 1. The number of hydrogen-bond acceptors (Lipinski definition) is 3. The van der Waals surface area contributed by atoms with Crippen molar-refractivity contribution in [3.05, 3.63) is 35.4 Å². The van der Waals surface area contributed by atoms with E-state index in [0.717, 1.165) is 18.4 Å². The summed E-state index contributed by atoms with van der Waals surface area (Å²) in [5.74, 6) is -0.158. The lowest BCUT2D eigenvalue weighted by molar-refractivity contribution is -0.183. The highest BCUT2D eigenvalue weighted by Crippen LogP contribution is 2.28. The molecule has 3 heteroatoms. The average molecular weight is 248 g/mol. The standard InChI is InChI=1S/C15H20O3/c1-3-5-12-6-4-7-13(8-12)9-18-14(16)15(2)10-17-11-15/h4,6-8H,3,5,9-11H2,1-2H3. The Morgan fingerprint density at radius 3 is 2.72 bits per heavy atom. The molecule has 2 rings (SSSR count). The van der Waals surface area contributed by atoms with Crippen molar-refractivity contribution in [3.8, 4) is 0 Å². The maximum absolute atomic E-state index is 11.8. The molecule has 3 nitrogen and oxygen atoms in total. The quantitative estimate of drug-likeness (QED) is 0.752. The molecule has 0 N–H and O–H groups in total. The van der Waals surface area contributed by atoms with E-state index in [4.69, 9.17) is 9.47 Å². The third-order valence-electron chi connectivity index (χ3n) is 3.23. The van der Waals surface area contributed by atoms with Crippen molar-refractivity contribution in [1.29, 1.82) is 0 Å². The molecule has 0 aliphatic carbocycles. The van der Waals surface area contributed by atoms with E-state index in [-0.39, 0.29) is 5.97 Å². The zero-order valence-corrected chi connectivity index (χ0v) is 11.1. The minimum absolute atomic E-state index is 0.158. The molecule has 0 atom stereocenters. The molecule has 1 fully saturated rings. The Morgan fingerprint density at radius 1 is 1.39 bits per heavy atom. The molecule has 0 radical (unpaired) electrons. The van der Waals surface area contributed by atoms with Crippen molar-refractivity contribution >= 4 is 5.97 Å². The molecule has 1 aliphatic heterocycles. The van der Waals surface area contributed by atoms with E-state index in [0.29, 0.717) is 19.8 Å². The molecule has 1 heterocycles. The summed E-state index contributed by atoms with van der Waals surface area (Å²) in [4.78, 5) is 11.8. The van der Waals surface area contributed by atoms with Gasteiger partial charge in [-0.1, -0.05) is 37.6 Å². The fourth-order valence-electron chi connectivity index (χ4n) is 2.01. The summed E-state index contributed by atoms with van der Waals surface area (Å²) in [5, 5.41) is 0. The first-order valence-corrected chi connectivity index (χ1v) is 6.47. The first-order valence-electron chi connectivity index (χ1n) is 6.47. The van der Waals surface area contributed by atoms with Gasteiger partial charge in [0.05, 0.1) is 13.2 Å². The molecular formula is C15H20O3. The van der Waals surface area contributed by atoms with Crippen molar-refractivity contribution in [2.24, 2.45) is 5.41 Å². The maximum atomic E-state index is 11.8. The Morgan fingerprint density at radius 2 is 2.11 bits per heavy atom. The van der Waals surface area contributed by atoms with Crippen LogP contribution in [0.2, 0.25) is 0 Å². The number of hydrogen-bond donors (Lipinski definition) is 0. The van der Waals surface area contributed by atoms with Crippen molar-refractivity contribution in [2.45, 2.75) is 33.3 Å². The monoisotopic (exact) mass is 248 g/mol. The minimum Gasteiger partial charge on any atom is -0.460 e. The van der Waals surface area contributed by atoms with Crippen LogP contribution >= 0.6 is 0 Å². The lowest BCUT2D eigenvalue weighted by Gasteiger charge is -2.35. The number of rotatable bonds is 5. The fourth-order valence-corrected chi connectivity index (χ4v) is 2.01. The van der Waals surface area contributed by atoms with E-state index in [2.05, 4.69) is 19.1 Å². The summed E-state index contributed by atoms with van der Waals surface area (Å²) in [5.41, 5.74) is 1.92. The zero-order chi connectivity index (χ0) is 13.0. The molecule has 0 amide bonds.